The second kappa shape index (κ2) is 9.67. The summed E-state index contributed by atoms with van der Waals surface area (Å²) in [7, 11) is 0. The first-order valence-corrected chi connectivity index (χ1v) is 11.7. The third kappa shape index (κ3) is 5.35. The zero-order valence-electron chi connectivity index (χ0n) is 18.6. The van der Waals surface area contributed by atoms with Crippen molar-refractivity contribution in [3.05, 3.63) is 86.6 Å². The van der Waals surface area contributed by atoms with Crippen molar-refractivity contribution in [3.8, 4) is 5.75 Å². The number of hydrogen-bond acceptors (Lipinski definition) is 4. The van der Waals surface area contributed by atoms with Gasteiger partial charge < -0.3 is 9.64 Å². The van der Waals surface area contributed by atoms with Gasteiger partial charge in [-0.05, 0) is 60.5 Å². The fraction of sp³-hybridized carbons (Fsp3) is 0.346. The number of carbonyl (C=O) groups excluding carboxylic acids is 1. The maximum atomic E-state index is 13.0. The third-order valence-corrected chi connectivity index (χ3v) is 6.88. The highest BCUT2D eigenvalue weighted by Gasteiger charge is 2.23. The van der Waals surface area contributed by atoms with Gasteiger partial charge in [0.15, 0.2) is 0 Å². The highest BCUT2D eigenvalue weighted by atomic mass is 32.1. The van der Waals surface area contributed by atoms with Crippen LogP contribution in [0.4, 0.5) is 0 Å². The summed E-state index contributed by atoms with van der Waals surface area (Å²) in [5.41, 5.74) is 6.06. The maximum Gasteiger partial charge on any atom is 0.264 e. The summed E-state index contributed by atoms with van der Waals surface area (Å²) >= 11 is 1.51. The Labute approximate surface area is 189 Å². The number of carbonyl (C=O) groups is 1. The van der Waals surface area contributed by atoms with Crippen LogP contribution in [0, 0.1) is 20.8 Å². The van der Waals surface area contributed by atoms with E-state index in [0.717, 1.165) is 54.5 Å². The van der Waals surface area contributed by atoms with Crippen molar-refractivity contribution in [1.82, 2.24) is 9.80 Å². The Morgan fingerprint density at radius 1 is 0.968 bits per heavy atom. The van der Waals surface area contributed by atoms with E-state index in [4.69, 9.17) is 4.74 Å². The van der Waals surface area contributed by atoms with Crippen LogP contribution in [0.15, 0.2) is 53.9 Å². The van der Waals surface area contributed by atoms with Crippen LogP contribution in [0.25, 0.3) is 0 Å². The summed E-state index contributed by atoms with van der Waals surface area (Å²) in [5, 5.41) is 2.03. The fourth-order valence-corrected chi connectivity index (χ4v) is 4.74. The highest BCUT2D eigenvalue weighted by molar-refractivity contribution is 7.12. The molecule has 0 unspecified atom stereocenters. The Morgan fingerprint density at radius 2 is 1.74 bits per heavy atom. The lowest BCUT2D eigenvalue weighted by Gasteiger charge is -2.34. The lowest BCUT2D eigenvalue weighted by Crippen LogP contribution is -2.48. The topological polar surface area (TPSA) is 32.8 Å². The van der Waals surface area contributed by atoms with Crippen LogP contribution in [0.1, 0.15) is 37.5 Å². The number of rotatable bonds is 6. The number of piperazine rings is 1. The quantitative estimate of drug-likeness (QED) is 0.534. The van der Waals surface area contributed by atoms with Gasteiger partial charge in [0.25, 0.3) is 5.91 Å². The lowest BCUT2D eigenvalue weighted by molar-refractivity contribution is 0.0633. The molecule has 0 atom stereocenters. The second-order valence-electron chi connectivity index (χ2n) is 8.37. The third-order valence-electron chi connectivity index (χ3n) is 5.92. The molecule has 1 saturated heterocycles. The van der Waals surface area contributed by atoms with E-state index in [2.05, 4.69) is 68.1 Å². The average molecular weight is 435 g/mol. The number of amides is 1. The summed E-state index contributed by atoms with van der Waals surface area (Å²) in [6, 6.07) is 16.7. The van der Waals surface area contributed by atoms with Gasteiger partial charge in [-0.15, -0.1) is 11.3 Å². The largest absolute Gasteiger partial charge is 0.489 e. The molecule has 162 valence electrons. The minimum atomic E-state index is 0.138. The number of nitrogens with zero attached hydrogens (tertiary/aromatic N) is 2. The van der Waals surface area contributed by atoms with E-state index in [-0.39, 0.29) is 5.91 Å². The molecule has 1 aromatic heterocycles. The van der Waals surface area contributed by atoms with Crippen LogP contribution in [-0.2, 0) is 13.2 Å². The Morgan fingerprint density at radius 3 is 2.52 bits per heavy atom. The number of benzene rings is 2. The van der Waals surface area contributed by atoms with E-state index in [1.807, 2.05) is 16.3 Å². The van der Waals surface area contributed by atoms with E-state index in [9.17, 15) is 4.79 Å². The van der Waals surface area contributed by atoms with Crippen molar-refractivity contribution in [3.63, 3.8) is 0 Å². The summed E-state index contributed by atoms with van der Waals surface area (Å²) in [5.74, 6) is 1.04. The summed E-state index contributed by atoms with van der Waals surface area (Å²) < 4.78 is 6.00. The zero-order chi connectivity index (χ0) is 21.8. The molecule has 1 aliphatic rings. The van der Waals surface area contributed by atoms with Gasteiger partial charge in [0.1, 0.15) is 12.4 Å². The van der Waals surface area contributed by atoms with E-state index in [1.54, 1.807) is 0 Å². The van der Waals surface area contributed by atoms with Crippen molar-refractivity contribution in [2.45, 2.75) is 33.9 Å². The fourth-order valence-electron chi connectivity index (χ4n) is 3.88. The Hall–Kier alpha value is -2.63. The average Bonchev–Trinajstić information content (AvgIpc) is 3.25. The van der Waals surface area contributed by atoms with Crippen LogP contribution < -0.4 is 4.74 Å². The first kappa shape index (κ1) is 21.6. The molecule has 0 spiro atoms. The van der Waals surface area contributed by atoms with Gasteiger partial charge in [0.2, 0.25) is 0 Å². The molecule has 0 aliphatic carbocycles. The van der Waals surface area contributed by atoms with Crippen LogP contribution in [0.3, 0.4) is 0 Å². The standard InChI is InChI=1S/C26H30N2O2S/c1-19-8-9-21(3)24(14-19)30-17-22-15-25(31-18-22)26(29)28-12-10-27(11-13-28)16-23-7-5-4-6-20(23)2/h4-9,14-15,18H,10-13,16-17H2,1-3H3. The molecule has 2 aromatic carbocycles. The van der Waals surface area contributed by atoms with E-state index >= 15 is 0 Å². The van der Waals surface area contributed by atoms with Crippen LogP contribution >= 0.6 is 11.3 Å². The molecule has 0 N–H and O–H groups in total. The van der Waals surface area contributed by atoms with Gasteiger partial charge in [-0.25, -0.2) is 0 Å². The van der Waals surface area contributed by atoms with Crippen molar-refractivity contribution < 1.29 is 9.53 Å². The maximum absolute atomic E-state index is 13.0. The minimum Gasteiger partial charge on any atom is -0.489 e. The van der Waals surface area contributed by atoms with E-state index in [0.29, 0.717) is 6.61 Å². The molecule has 2 heterocycles. The van der Waals surface area contributed by atoms with Gasteiger partial charge in [0, 0.05) is 38.3 Å². The molecule has 4 rings (SSSR count). The molecule has 4 nitrogen and oxygen atoms in total. The molecule has 31 heavy (non-hydrogen) atoms. The molecule has 3 aromatic rings. The summed E-state index contributed by atoms with van der Waals surface area (Å²) in [4.78, 5) is 18.2. The number of aryl methyl sites for hydroxylation is 3. The molecule has 0 bridgehead atoms. The molecule has 1 fully saturated rings. The second-order valence-corrected chi connectivity index (χ2v) is 9.28. The SMILES string of the molecule is Cc1ccc(C)c(OCc2csc(C(=O)N3CCN(Cc4ccccc4C)CC3)c2)c1. The first-order valence-electron chi connectivity index (χ1n) is 10.8. The predicted octanol–water partition coefficient (Wildman–Crippen LogP) is 5.21. The van der Waals surface area contributed by atoms with Crippen LogP contribution in [-0.4, -0.2) is 41.9 Å². The molecule has 5 heteroatoms. The van der Waals surface area contributed by atoms with Crippen LogP contribution in [0.5, 0.6) is 5.75 Å². The van der Waals surface area contributed by atoms with Crippen molar-refractivity contribution in [1.29, 1.82) is 0 Å². The molecule has 0 radical (unpaired) electrons. The summed E-state index contributed by atoms with van der Waals surface area (Å²) in [6.45, 7) is 11.1. The molecule has 1 aliphatic heterocycles. The van der Waals surface area contributed by atoms with Crippen LogP contribution in [0.2, 0.25) is 0 Å². The Bertz CT molecular complexity index is 1050. The van der Waals surface area contributed by atoms with Gasteiger partial charge in [-0.2, -0.15) is 0 Å². The minimum absolute atomic E-state index is 0.138. The van der Waals surface area contributed by atoms with Gasteiger partial charge in [0.05, 0.1) is 4.88 Å². The molecular weight excluding hydrogens is 404 g/mol. The smallest absolute Gasteiger partial charge is 0.264 e. The molecule has 1 amide bonds. The van der Waals surface area contributed by atoms with Crippen molar-refractivity contribution in [2.24, 2.45) is 0 Å². The van der Waals surface area contributed by atoms with Gasteiger partial charge in [-0.1, -0.05) is 36.4 Å². The highest BCUT2D eigenvalue weighted by Crippen LogP contribution is 2.23. The Kier molecular flexibility index (Phi) is 6.73. The monoisotopic (exact) mass is 434 g/mol. The van der Waals surface area contributed by atoms with E-state index in [1.165, 1.54) is 28.0 Å². The Balaban J connectivity index is 1.30. The van der Waals surface area contributed by atoms with Crippen molar-refractivity contribution in [2.75, 3.05) is 26.2 Å². The molecular formula is C26H30N2O2S. The number of ether oxygens (including phenoxy) is 1. The van der Waals surface area contributed by atoms with Gasteiger partial charge >= 0.3 is 0 Å². The number of thiophene rings is 1. The normalized spacial score (nSPS) is 14.6. The summed E-state index contributed by atoms with van der Waals surface area (Å²) in [6.07, 6.45) is 0. The zero-order valence-corrected chi connectivity index (χ0v) is 19.4. The lowest BCUT2D eigenvalue weighted by atomic mass is 10.1. The number of hydrogen-bond donors (Lipinski definition) is 0. The van der Waals surface area contributed by atoms with Gasteiger partial charge in [-0.3, -0.25) is 9.69 Å². The predicted molar refractivity (Wildman–Crippen MR) is 127 cm³/mol. The first-order chi connectivity index (χ1) is 15.0. The molecule has 0 saturated carbocycles. The van der Waals surface area contributed by atoms with Crippen molar-refractivity contribution >= 4 is 17.2 Å². The van der Waals surface area contributed by atoms with E-state index < -0.39 is 0 Å².